The highest BCUT2D eigenvalue weighted by Gasteiger charge is 2.19. The molecule has 0 aliphatic carbocycles. The van der Waals surface area contributed by atoms with E-state index in [1.165, 1.54) is 18.2 Å². The van der Waals surface area contributed by atoms with Crippen molar-refractivity contribution in [3.05, 3.63) is 46.7 Å². The van der Waals surface area contributed by atoms with Crippen LogP contribution in [0.5, 0.6) is 0 Å². The molecule has 2 aromatic rings. The maximum Gasteiger partial charge on any atom is 0.306 e. The summed E-state index contributed by atoms with van der Waals surface area (Å²) in [5, 5.41) is 6.42. The van der Waals surface area contributed by atoms with Crippen LogP contribution in [0.15, 0.2) is 51.0 Å². The SMILES string of the molecule is O=C(COC(=O)CCc1ccsc1)Nc1cccc(S(=O)(=O)NC2=NCCC2)c1. The molecule has 8 nitrogen and oxygen atoms in total. The Morgan fingerprint density at radius 1 is 1.24 bits per heavy atom. The molecule has 0 saturated heterocycles. The van der Waals surface area contributed by atoms with E-state index >= 15 is 0 Å². The molecule has 0 radical (unpaired) electrons. The lowest BCUT2D eigenvalue weighted by Gasteiger charge is -2.10. The van der Waals surface area contributed by atoms with Gasteiger partial charge in [0.1, 0.15) is 5.84 Å². The number of amides is 1. The fourth-order valence-corrected chi connectivity index (χ4v) is 4.51. The number of ether oxygens (including phenoxy) is 1. The summed E-state index contributed by atoms with van der Waals surface area (Å²) in [7, 11) is -3.77. The van der Waals surface area contributed by atoms with Gasteiger partial charge in [0.05, 0.1) is 4.90 Å². The van der Waals surface area contributed by atoms with Crippen LogP contribution in [0.3, 0.4) is 0 Å². The van der Waals surface area contributed by atoms with Crippen LogP contribution in [0.4, 0.5) is 5.69 Å². The molecule has 0 fully saturated rings. The van der Waals surface area contributed by atoms with Crippen LogP contribution in [0, 0.1) is 0 Å². The molecule has 0 bridgehead atoms. The number of aliphatic imine (C=N–C) groups is 1. The van der Waals surface area contributed by atoms with Crippen molar-refractivity contribution in [2.75, 3.05) is 18.5 Å². The highest BCUT2D eigenvalue weighted by molar-refractivity contribution is 7.90. The van der Waals surface area contributed by atoms with Crippen LogP contribution in [0.1, 0.15) is 24.8 Å². The monoisotopic (exact) mass is 435 g/mol. The summed E-state index contributed by atoms with van der Waals surface area (Å²) in [4.78, 5) is 27.9. The lowest BCUT2D eigenvalue weighted by molar-refractivity contribution is -0.147. The maximum absolute atomic E-state index is 12.4. The van der Waals surface area contributed by atoms with E-state index < -0.39 is 28.5 Å². The van der Waals surface area contributed by atoms with Gasteiger partial charge < -0.3 is 10.1 Å². The number of esters is 1. The third kappa shape index (κ3) is 6.40. The minimum atomic E-state index is -3.77. The number of hydrogen-bond donors (Lipinski definition) is 2. The molecule has 2 heterocycles. The highest BCUT2D eigenvalue weighted by Crippen LogP contribution is 2.16. The van der Waals surface area contributed by atoms with Crippen molar-refractivity contribution in [2.24, 2.45) is 4.99 Å². The summed E-state index contributed by atoms with van der Waals surface area (Å²) in [6, 6.07) is 7.78. The Kier molecular flexibility index (Phi) is 6.99. The second kappa shape index (κ2) is 9.66. The van der Waals surface area contributed by atoms with E-state index in [1.807, 2.05) is 16.8 Å². The van der Waals surface area contributed by atoms with E-state index in [0.29, 0.717) is 30.9 Å². The number of nitrogens with one attached hydrogen (secondary N) is 2. The predicted molar refractivity (Wildman–Crippen MR) is 111 cm³/mol. The van der Waals surface area contributed by atoms with Gasteiger partial charge in [0.15, 0.2) is 6.61 Å². The number of benzene rings is 1. The Hall–Kier alpha value is -2.72. The number of anilines is 1. The molecule has 3 rings (SSSR count). The normalized spacial score (nSPS) is 13.6. The molecule has 1 aromatic heterocycles. The highest BCUT2D eigenvalue weighted by atomic mass is 32.2. The van der Waals surface area contributed by atoms with Crippen LogP contribution in [0.2, 0.25) is 0 Å². The molecule has 1 aromatic carbocycles. The van der Waals surface area contributed by atoms with E-state index in [9.17, 15) is 18.0 Å². The number of nitrogens with zero attached hydrogens (tertiary/aromatic N) is 1. The van der Waals surface area contributed by atoms with Crippen molar-refractivity contribution in [3.8, 4) is 0 Å². The Morgan fingerprint density at radius 3 is 2.83 bits per heavy atom. The second-order valence-corrected chi connectivity index (χ2v) is 8.87. The number of rotatable bonds is 8. The summed E-state index contributed by atoms with van der Waals surface area (Å²) >= 11 is 1.55. The van der Waals surface area contributed by atoms with Crippen molar-refractivity contribution in [3.63, 3.8) is 0 Å². The number of hydrogen-bond acceptors (Lipinski definition) is 7. The van der Waals surface area contributed by atoms with Crippen molar-refractivity contribution in [1.82, 2.24) is 4.72 Å². The molecule has 1 aliphatic heterocycles. The third-order valence-electron chi connectivity index (χ3n) is 4.12. The number of carbonyl (C=O) groups excluding carboxylic acids is 2. The largest absolute Gasteiger partial charge is 0.456 e. The summed E-state index contributed by atoms with van der Waals surface area (Å²) < 4.78 is 32.3. The standard InChI is InChI=1S/C19H21N3O5S2/c23-18(12-27-19(24)7-6-14-8-10-28-13-14)21-15-3-1-4-16(11-15)29(25,26)22-17-5-2-9-20-17/h1,3-4,8,10-11,13H,2,5-7,9,12H2,(H,20,22)(H,21,23). The molecule has 154 valence electrons. The molecule has 0 atom stereocenters. The van der Waals surface area contributed by atoms with Crippen LogP contribution < -0.4 is 10.0 Å². The van der Waals surface area contributed by atoms with Gasteiger partial charge in [-0.2, -0.15) is 11.3 Å². The first kappa shape index (κ1) is 21.0. The van der Waals surface area contributed by atoms with E-state index in [4.69, 9.17) is 4.74 Å². The topological polar surface area (TPSA) is 114 Å². The number of thiophene rings is 1. The van der Waals surface area contributed by atoms with Gasteiger partial charge in [-0.1, -0.05) is 6.07 Å². The number of amidine groups is 1. The summed E-state index contributed by atoms with van der Waals surface area (Å²) in [6.45, 7) is 0.175. The van der Waals surface area contributed by atoms with Crippen LogP contribution in [-0.2, 0) is 30.8 Å². The molecule has 1 aliphatic rings. The first-order valence-electron chi connectivity index (χ1n) is 9.05. The molecule has 29 heavy (non-hydrogen) atoms. The molecule has 0 saturated carbocycles. The average Bonchev–Trinajstić information content (AvgIpc) is 3.39. The zero-order valence-electron chi connectivity index (χ0n) is 15.6. The van der Waals surface area contributed by atoms with Gasteiger partial charge in [-0.15, -0.1) is 0 Å². The molecule has 10 heteroatoms. The van der Waals surface area contributed by atoms with E-state index in [0.717, 1.165) is 12.0 Å². The molecule has 1 amide bonds. The van der Waals surface area contributed by atoms with Gasteiger partial charge in [0.2, 0.25) is 0 Å². The van der Waals surface area contributed by atoms with Crippen molar-refractivity contribution >= 4 is 44.8 Å². The predicted octanol–water partition coefficient (Wildman–Crippen LogP) is 2.33. The molecule has 0 unspecified atom stereocenters. The number of sulfonamides is 1. The molecule has 2 N–H and O–H groups in total. The third-order valence-corrected chi connectivity index (χ3v) is 6.23. The fraction of sp³-hybridized carbons (Fsp3) is 0.316. The molecular formula is C19H21N3O5S2. The van der Waals surface area contributed by atoms with Crippen LogP contribution >= 0.6 is 11.3 Å². The van der Waals surface area contributed by atoms with Gasteiger partial charge in [0.25, 0.3) is 15.9 Å². The van der Waals surface area contributed by atoms with Gasteiger partial charge in [-0.25, -0.2) is 8.42 Å². The maximum atomic E-state index is 12.4. The Bertz CT molecular complexity index is 1000. The van der Waals surface area contributed by atoms with Gasteiger partial charge in [-0.3, -0.25) is 19.3 Å². The van der Waals surface area contributed by atoms with E-state index in [1.54, 1.807) is 17.4 Å². The minimum absolute atomic E-state index is 0.0117. The Morgan fingerprint density at radius 2 is 2.10 bits per heavy atom. The summed E-state index contributed by atoms with van der Waals surface area (Å²) in [5.74, 6) is -0.574. The number of carbonyl (C=O) groups is 2. The molecule has 0 spiro atoms. The smallest absolute Gasteiger partial charge is 0.306 e. The summed E-state index contributed by atoms with van der Waals surface area (Å²) in [6.07, 6.45) is 2.16. The van der Waals surface area contributed by atoms with E-state index in [-0.39, 0.29) is 11.3 Å². The lowest BCUT2D eigenvalue weighted by atomic mass is 10.2. The first-order valence-corrected chi connectivity index (χ1v) is 11.5. The van der Waals surface area contributed by atoms with Crippen molar-refractivity contribution in [1.29, 1.82) is 0 Å². The Labute approximate surface area is 173 Å². The second-order valence-electron chi connectivity index (χ2n) is 6.41. The quantitative estimate of drug-likeness (QED) is 0.618. The van der Waals surface area contributed by atoms with Crippen LogP contribution in [0.25, 0.3) is 0 Å². The minimum Gasteiger partial charge on any atom is -0.456 e. The van der Waals surface area contributed by atoms with Gasteiger partial charge in [-0.05, 0) is 53.4 Å². The summed E-state index contributed by atoms with van der Waals surface area (Å²) in [5.41, 5.74) is 1.34. The van der Waals surface area contributed by atoms with Crippen molar-refractivity contribution in [2.45, 2.75) is 30.6 Å². The van der Waals surface area contributed by atoms with Crippen molar-refractivity contribution < 1.29 is 22.7 Å². The lowest BCUT2D eigenvalue weighted by Crippen LogP contribution is -2.29. The number of aryl methyl sites for hydroxylation is 1. The molecular weight excluding hydrogens is 414 g/mol. The van der Waals surface area contributed by atoms with E-state index in [2.05, 4.69) is 15.0 Å². The Balaban J connectivity index is 1.50. The fourth-order valence-electron chi connectivity index (χ4n) is 2.67. The van der Waals surface area contributed by atoms with Gasteiger partial charge in [0, 0.05) is 25.1 Å². The zero-order valence-corrected chi connectivity index (χ0v) is 17.2. The first-order chi connectivity index (χ1) is 13.9. The average molecular weight is 436 g/mol. The zero-order chi connectivity index (χ0) is 20.7. The van der Waals surface area contributed by atoms with Crippen LogP contribution in [-0.4, -0.2) is 39.3 Å². The van der Waals surface area contributed by atoms with Gasteiger partial charge >= 0.3 is 5.97 Å².